The Hall–Kier alpha value is -2.50. The molecule has 6 nitrogen and oxygen atoms in total. The maximum atomic E-state index is 11.4. The van der Waals surface area contributed by atoms with E-state index >= 15 is 0 Å². The van der Waals surface area contributed by atoms with Gasteiger partial charge in [-0.1, -0.05) is 0 Å². The number of rotatable bonds is 4. The van der Waals surface area contributed by atoms with Crippen molar-refractivity contribution >= 4 is 5.97 Å². The molecule has 1 heterocycles. The Balaban J connectivity index is 2.14. The zero-order valence-corrected chi connectivity index (χ0v) is 10.7. The second-order valence-corrected chi connectivity index (χ2v) is 3.95. The van der Waals surface area contributed by atoms with Gasteiger partial charge in [-0.25, -0.2) is 9.78 Å². The standard InChI is InChI=1S/C13H14N2O4/c1-15-4-3-14-12(15)8-19-11-6-9(13(17)18-2)5-10(16)7-11/h3-7,16H,8H2,1-2H3. The smallest absolute Gasteiger partial charge is 0.338 e. The fourth-order valence-electron chi connectivity index (χ4n) is 1.59. The number of carbonyl (C=O) groups excluding carboxylic acids is 1. The molecule has 0 atom stereocenters. The molecule has 1 aromatic carbocycles. The van der Waals surface area contributed by atoms with Crippen LogP contribution in [0.1, 0.15) is 16.2 Å². The van der Waals surface area contributed by atoms with Crippen LogP contribution in [0.25, 0.3) is 0 Å². The summed E-state index contributed by atoms with van der Waals surface area (Å²) in [4.78, 5) is 15.5. The van der Waals surface area contributed by atoms with Crippen molar-refractivity contribution in [3.63, 3.8) is 0 Å². The SMILES string of the molecule is COC(=O)c1cc(O)cc(OCc2nccn2C)c1. The van der Waals surface area contributed by atoms with Gasteiger partial charge in [-0.3, -0.25) is 0 Å². The lowest BCUT2D eigenvalue weighted by Crippen LogP contribution is -2.05. The van der Waals surface area contributed by atoms with Crippen LogP contribution in [-0.2, 0) is 18.4 Å². The molecule has 1 N–H and O–H groups in total. The highest BCUT2D eigenvalue weighted by molar-refractivity contribution is 5.90. The van der Waals surface area contributed by atoms with Crippen molar-refractivity contribution in [1.82, 2.24) is 9.55 Å². The van der Waals surface area contributed by atoms with E-state index in [2.05, 4.69) is 9.72 Å². The largest absolute Gasteiger partial charge is 0.508 e. The van der Waals surface area contributed by atoms with Crippen molar-refractivity contribution in [2.45, 2.75) is 6.61 Å². The number of carbonyl (C=O) groups is 1. The predicted octanol–water partition coefficient (Wildman–Crippen LogP) is 1.49. The average Bonchev–Trinajstić information content (AvgIpc) is 2.80. The molecule has 2 aromatic rings. The van der Waals surface area contributed by atoms with E-state index in [1.54, 1.807) is 12.4 Å². The Kier molecular flexibility index (Phi) is 3.70. The predicted molar refractivity (Wildman–Crippen MR) is 67.0 cm³/mol. The highest BCUT2D eigenvalue weighted by Gasteiger charge is 2.10. The summed E-state index contributed by atoms with van der Waals surface area (Å²) in [6, 6.07) is 4.25. The molecule has 0 bridgehead atoms. The van der Waals surface area contributed by atoms with Crippen LogP contribution in [0.5, 0.6) is 11.5 Å². The topological polar surface area (TPSA) is 73.6 Å². The van der Waals surface area contributed by atoms with Gasteiger partial charge < -0.3 is 19.1 Å². The van der Waals surface area contributed by atoms with Crippen molar-refractivity contribution in [2.75, 3.05) is 7.11 Å². The first-order chi connectivity index (χ1) is 9.10. The number of imidazole rings is 1. The van der Waals surface area contributed by atoms with Gasteiger partial charge in [-0.15, -0.1) is 0 Å². The van der Waals surface area contributed by atoms with Crippen molar-refractivity contribution in [3.8, 4) is 11.5 Å². The number of hydrogen-bond donors (Lipinski definition) is 1. The Morgan fingerprint density at radius 3 is 2.84 bits per heavy atom. The van der Waals surface area contributed by atoms with Crippen LogP contribution in [0.3, 0.4) is 0 Å². The molecule has 0 fully saturated rings. The third kappa shape index (κ3) is 3.04. The number of phenolic OH excluding ortho intramolecular Hbond substituents is 1. The summed E-state index contributed by atoms with van der Waals surface area (Å²) in [5.41, 5.74) is 0.234. The minimum Gasteiger partial charge on any atom is -0.508 e. The number of hydrogen-bond acceptors (Lipinski definition) is 5. The van der Waals surface area contributed by atoms with Crippen LogP contribution in [0, 0.1) is 0 Å². The molecule has 0 aliphatic heterocycles. The van der Waals surface area contributed by atoms with Crippen molar-refractivity contribution in [2.24, 2.45) is 7.05 Å². The molecular formula is C13H14N2O4. The van der Waals surface area contributed by atoms with Crippen LogP contribution in [0.2, 0.25) is 0 Å². The first kappa shape index (κ1) is 12.9. The Labute approximate surface area is 110 Å². The summed E-state index contributed by atoms with van der Waals surface area (Å²) in [5.74, 6) is 0.529. The van der Waals surface area contributed by atoms with Gasteiger partial charge in [0.2, 0.25) is 0 Å². The lowest BCUT2D eigenvalue weighted by Gasteiger charge is -2.08. The summed E-state index contributed by atoms with van der Waals surface area (Å²) in [6.45, 7) is 0.244. The summed E-state index contributed by atoms with van der Waals surface area (Å²) >= 11 is 0. The van der Waals surface area contributed by atoms with E-state index in [1.165, 1.54) is 25.3 Å². The summed E-state index contributed by atoms with van der Waals surface area (Å²) in [5, 5.41) is 9.54. The summed E-state index contributed by atoms with van der Waals surface area (Å²) < 4.78 is 11.9. The third-order valence-electron chi connectivity index (χ3n) is 2.60. The Morgan fingerprint density at radius 1 is 1.42 bits per heavy atom. The van der Waals surface area contributed by atoms with Gasteiger partial charge in [0.25, 0.3) is 0 Å². The van der Waals surface area contributed by atoms with Crippen molar-refractivity contribution < 1.29 is 19.4 Å². The van der Waals surface area contributed by atoms with E-state index < -0.39 is 5.97 Å². The first-order valence-corrected chi connectivity index (χ1v) is 5.61. The van der Waals surface area contributed by atoms with E-state index in [-0.39, 0.29) is 17.9 Å². The molecule has 19 heavy (non-hydrogen) atoms. The molecule has 100 valence electrons. The molecule has 0 spiro atoms. The van der Waals surface area contributed by atoms with Crippen molar-refractivity contribution in [1.29, 1.82) is 0 Å². The minimum atomic E-state index is -0.530. The quantitative estimate of drug-likeness (QED) is 0.845. The average molecular weight is 262 g/mol. The normalized spacial score (nSPS) is 10.2. The summed E-state index contributed by atoms with van der Waals surface area (Å²) in [6.07, 6.45) is 3.47. The zero-order chi connectivity index (χ0) is 13.8. The minimum absolute atomic E-state index is 0.0576. The van der Waals surface area contributed by atoms with E-state index in [9.17, 15) is 9.90 Å². The number of nitrogens with zero attached hydrogens (tertiary/aromatic N) is 2. The molecule has 0 unspecified atom stereocenters. The molecule has 0 aliphatic carbocycles. The van der Waals surface area contributed by atoms with E-state index in [1.807, 2.05) is 11.6 Å². The monoisotopic (exact) mass is 262 g/mol. The van der Waals surface area contributed by atoms with Gasteiger partial charge in [0.05, 0.1) is 12.7 Å². The van der Waals surface area contributed by atoms with Crippen LogP contribution >= 0.6 is 0 Å². The van der Waals surface area contributed by atoms with Crippen molar-refractivity contribution in [3.05, 3.63) is 42.0 Å². The van der Waals surface area contributed by atoms with Crippen LogP contribution in [0.4, 0.5) is 0 Å². The van der Waals surface area contributed by atoms with Crippen LogP contribution in [-0.4, -0.2) is 27.7 Å². The first-order valence-electron chi connectivity index (χ1n) is 5.61. The lowest BCUT2D eigenvalue weighted by atomic mass is 10.2. The molecule has 2 rings (SSSR count). The number of esters is 1. The maximum absolute atomic E-state index is 11.4. The van der Waals surface area contributed by atoms with Crippen LogP contribution in [0.15, 0.2) is 30.6 Å². The molecular weight excluding hydrogens is 248 g/mol. The van der Waals surface area contributed by atoms with Crippen LogP contribution < -0.4 is 4.74 Å². The maximum Gasteiger partial charge on any atom is 0.338 e. The molecule has 0 radical (unpaired) electrons. The number of ether oxygens (including phenoxy) is 2. The lowest BCUT2D eigenvalue weighted by molar-refractivity contribution is 0.0599. The van der Waals surface area contributed by atoms with E-state index in [4.69, 9.17) is 4.74 Å². The molecule has 0 amide bonds. The highest BCUT2D eigenvalue weighted by atomic mass is 16.5. The zero-order valence-electron chi connectivity index (χ0n) is 10.7. The van der Waals surface area contributed by atoms with Gasteiger partial charge in [0.15, 0.2) is 0 Å². The fourth-order valence-corrected chi connectivity index (χ4v) is 1.59. The molecule has 0 saturated carbocycles. The number of aryl methyl sites for hydroxylation is 1. The fraction of sp³-hybridized carbons (Fsp3) is 0.231. The van der Waals surface area contributed by atoms with Gasteiger partial charge in [-0.2, -0.15) is 0 Å². The summed E-state index contributed by atoms with van der Waals surface area (Å²) in [7, 11) is 3.13. The number of benzene rings is 1. The second kappa shape index (κ2) is 5.43. The molecule has 0 saturated heterocycles. The Bertz CT molecular complexity index is 592. The second-order valence-electron chi connectivity index (χ2n) is 3.95. The third-order valence-corrected chi connectivity index (χ3v) is 2.60. The Morgan fingerprint density at radius 2 is 2.21 bits per heavy atom. The van der Waals surface area contributed by atoms with Gasteiger partial charge in [0.1, 0.15) is 23.9 Å². The van der Waals surface area contributed by atoms with Gasteiger partial charge in [-0.05, 0) is 12.1 Å². The number of aromatic hydroxyl groups is 1. The highest BCUT2D eigenvalue weighted by Crippen LogP contribution is 2.23. The van der Waals surface area contributed by atoms with Gasteiger partial charge in [0, 0.05) is 25.5 Å². The molecule has 1 aromatic heterocycles. The molecule has 0 aliphatic rings. The number of aromatic nitrogens is 2. The van der Waals surface area contributed by atoms with Gasteiger partial charge >= 0.3 is 5.97 Å². The number of methoxy groups -OCH3 is 1. The van der Waals surface area contributed by atoms with E-state index in [0.717, 1.165) is 5.82 Å². The molecule has 6 heteroatoms. The van der Waals surface area contributed by atoms with E-state index in [0.29, 0.717) is 5.75 Å². The number of phenols is 1.